The summed E-state index contributed by atoms with van der Waals surface area (Å²) in [6, 6.07) is 12.5. The highest BCUT2D eigenvalue weighted by molar-refractivity contribution is 5.28. The van der Waals surface area contributed by atoms with Crippen LogP contribution in [0.4, 0.5) is 4.39 Å². The molecule has 0 saturated carbocycles. The SMILES string of the molecule is CCc1nccn1-c1cccc([C@@H]2CCCN(CCOc3ccc(F)cc3)C2)n1. The van der Waals surface area contributed by atoms with Crippen molar-refractivity contribution in [1.82, 2.24) is 19.4 Å². The Morgan fingerprint density at radius 3 is 2.86 bits per heavy atom. The monoisotopic (exact) mass is 394 g/mol. The molecule has 0 unspecified atom stereocenters. The maximum Gasteiger partial charge on any atom is 0.138 e. The van der Waals surface area contributed by atoms with Gasteiger partial charge in [0.15, 0.2) is 0 Å². The second-order valence-corrected chi connectivity index (χ2v) is 7.43. The molecule has 0 radical (unpaired) electrons. The van der Waals surface area contributed by atoms with Gasteiger partial charge in [-0.25, -0.2) is 14.4 Å². The lowest BCUT2D eigenvalue weighted by molar-refractivity contribution is 0.169. The normalized spacial score (nSPS) is 17.4. The summed E-state index contributed by atoms with van der Waals surface area (Å²) in [7, 11) is 0. The van der Waals surface area contributed by atoms with E-state index in [1.165, 1.54) is 12.1 Å². The number of aryl methyl sites for hydroxylation is 1. The average molecular weight is 394 g/mol. The molecule has 29 heavy (non-hydrogen) atoms. The average Bonchev–Trinajstić information content (AvgIpc) is 3.24. The van der Waals surface area contributed by atoms with E-state index in [1.807, 2.05) is 18.5 Å². The van der Waals surface area contributed by atoms with Gasteiger partial charge in [0.1, 0.15) is 29.8 Å². The van der Waals surface area contributed by atoms with Gasteiger partial charge in [-0.15, -0.1) is 0 Å². The molecule has 4 rings (SSSR count). The molecule has 1 aliphatic heterocycles. The zero-order valence-corrected chi connectivity index (χ0v) is 16.8. The number of hydrogen-bond acceptors (Lipinski definition) is 4. The maximum atomic E-state index is 13.0. The van der Waals surface area contributed by atoms with Crippen molar-refractivity contribution in [2.24, 2.45) is 0 Å². The molecule has 6 heteroatoms. The van der Waals surface area contributed by atoms with Crippen LogP contribution in [0, 0.1) is 5.82 Å². The van der Waals surface area contributed by atoms with E-state index in [2.05, 4.69) is 33.5 Å². The summed E-state index contributed by atoms with van der Waals surface area (Å²) in [4.78, 5) is 11.8. The summed E-state index contributed by atoms with van der Waals surface area (Å²) in [5.41, 5.74) is 1.14. The van der Waals surface area contributed by atoms with Crippen LogP contribution in [0.2, 0.25) is 0 Å². The van der Waals surface area contributed by atoms with E-state index in [1.54, 1.807) is 12.1 Å². The van der Waals surface area contributed by atoms with Crippen molar-refractivity contribution in [2.45, 2.75) is 32.1 Å². The number of nitrogens with zero attached hydrogens (tertiary/aromatic N) is 4. The molecule has 0 bridgehead atoms. The van der Waals surface area contributed by atoms with Crippen LogP contribution in [-0.4, -0.2) is 45.7 Å². The zero-order valence-electron chi connectivity index (χ0n) is 16.8. The van der Waals surface area contributed by atoms with E-state index in [0.29, 0.717) is 18.3 Å². The van der Waals surface area contributed by atoms with Crippen molar-refractivity contribution in [3.63, 3.8) is 0 Å². The van der Waals surface area contributed by atoms with Gasteiger partial charge in [0.25, 0.3) is 0 Å². The first-order chi connectivity index (χ1) is 14.2. The van der Waals surface area contributed by atoms with E-state index in [0.717, 1.165) is 56.2 Å². The second kappa shape index (κ2) is 9.18. The molecule has 152 valence electrons. The third-order valence-electron chi connectivity index (χ3n) is 5.45. The van der Waals surface area contributed by atoms with Crippen LogP contribution >= 0.6 is 0 Å². The van der Waals surface area contributed by atoms with Gasteiger partial charge in [-0.05, 0) is 55.8 Å². The van der Waals surface area contributed by atoms with E-state index in [4.69, 9.17) is 9.72 Å². The van der Waals surface area contributed by atoms with Crippen LogP contribution in [0.1, 0.15) is 37.2 Å². The zero-order chi connectivity index (χ0) is 20.1. The van der Waals surface area contributed by atoms with Gasteiger partial charge in [-0.3, -0.25) is 9.47 Å². The Hall–Kier alpha value is -2.73. The molecule has 0 spiro atoms. The molecular formula is C23H27FN4O. The second-order valence-electron chi connectivity index (χ2n) is 7.43. The number of ether oxygens (including phenoxy) is 1. The molecule has 0 N–H and O–H groups in total. The quantitative estimate of drug-likeness (QED) is 0.602. The molecule has 5 nitrogen and oxygen atoms in total. The highest BCUT2D eigenvalue weighted by atomic mass is 19.1. The van der Waals surface area contributed by atoms with Gasteiger partial charge in [-0.2, -0.15) is 0 Å². The largest absolute Gasteiger partial charge is 0.492 e. The predicted molar refractivity (Wildman–Crippen MR) is 111 cm³/mol. The number of halogens is 1. The summed E-state index contributed by atoms with van der Waals surface area (Å²) < 4.78 is 20.8. The number of pyridine rings is 1. The minimum Gasteiger partial charge on any atom is -0.492 e. The van der Waals surface area contributed by atoms with E-state index < -0.39 is 0 Å². The lowest BCUT2D eigenvalue weighted by Crippen LogP contribution is -2.37. The number of piperidine rings is 1. The maximum absolute atomic E-state index is 13.0. The number of rotatable bonds is 7. The lowest BCUT2D eigenvalue weighted by atomic mass is 9.94. The van der Waals surface area contributed by atoms with Gasteiger partial charge in [-0.1, -0.05) is 13.0 Å². The highest BCUT2D eigenvalue weighted by Crippen LogP contribution is 2.26. The number of imidazole rings is 1. The third kappa shape index (κ3) is 4.82. The van der Waals surface area contributed by atoms with E-state index in [-0.39, 0.29) is 5.82 Å². The highest BCUT2D eigenvalue weighted by Gasteiger charge is 2.22. The van der Waals surface area contributed by atoms with Crippen LogP contribution in [0.3, 0.4) is 0 Å². The van der Waals surface area contributed by atoms with Gasteiger partial charge in [0.05, 0.1) is 0 Å². The minimum atomic E-state index is -0.243. The first kappa shape index (κ1) is 19.6. The molecule has 1 atom stereocenters. The topological polar surface area (TPSA) is 43.2 Å². The third-order valence-corrected chi connectivity index (χ3v) is 5.45. The summed E-state index contributed by atoms with van der Waals surface area (Å²) in [5.74, 6) is 2.85. The molecule has 1 fully saturated rings. The molecule has 3 aromatic rings. The number of aromatic nitrogens is 3. The van der Waals surface area contributed by atoms with Crippen LogP contribution in [0.25, 0.3) is 5.82 Å². The van der Waals surface area contributed by atoms with Gasteiger partial charge < -0.3 is 4.74 Å². The van der Waals surface area contributed by atoms with Gasteiger partial charge >= 0.3 is 0 Å². The van der Waals surface area contributed by atoms with Gasteiger partial charge in [0, 0.05) is 43.5 Å². The first-order valence-electron chi connectivity index (χ1n) is 10.3. The Kier molecular flexibility index (Phi) is 6.20. The van der Waals surface area contributed by atoms with Crippen molar-refractivity contribution >= 4 is 0 Å². The molecule has 1 saturated heterocycles. The molecule has 1 aromatic carbocycles. The fraction of sp³-hybridized carbons (Fsp3) is 0.391. The molecule has 1 aliphatic rings. The standard InChI is InChI=1S/C23H27FN4O/c1-2-22-25-12-14-28(22)23-7-3-6-21(26-23)18-5-4-13-27(17-18)15-16-29-20-10-8-19(24)9-11-20/h3,6-12,14,18H,2,4-5,13,15-17H2,1H3/t18-/m1/s1. The summed E-state index contributed by atoms with van der Waals surface area (Å²) in [6.07, 6.45) is 6.99. The smallest absolute Gasteiger partial charge is 0.138 e. The van der Waals surface area contributed by atoms with Crippen molar-refractivity contribution in [3.05, 3.63) is 72.2 Å². The summed E-state index contributed by atoms with van der Waals surface area (Å²) in [5, 5.41) is 0. The summed E-state index contributed by atoms with van der Waals surface area (Å²) in [6.45, 7) is 5.61. The van der Waals surface area contributed by atoms with Crippen LogP contribution in [0.15, 0.2) is 54.9 Å². The van der Waals surface area contributed by atoms with E-state index >= 15 is 0 Å². The van der Waals surface area contributed by atoms with Crippen molar-refractivity contribution < 1.29 is 9.13 Å². The lowest BCUT2D eigenvalue weighted by Gasteiger charge is -2.32. The molecule has 0 amide bonds. The molecule has 0 aliphatic carbocycles. The number of likely N-dealkylation sites (tertiary alicyclic amines) is 1. The first-order valence-corrected chi connectivity index (χ1v) is 10.3. The van der Waals surface area contributed by atoms with Crippen molar-refractivity contribution in [1.29, 1.82) is 0 Å². The van der Waals surface area contributed by atoms with Crippen molar-refractivity contribution in [3.8, 4) is 11.6 Å². The fourth-order valence-corrected chi connectivity index (χ4v) is 3.93. The predicted octanol–water partition coefficient (Wildman–Crippen LogP) is 4.23. The summed E-state index contributed by atoms with van der Waals surface area (Å²) >= 11 is 0. The Bertz CT molecular complexity index is 925. The number of hydrogen-bond donors (Lipinski definition) is 0. The number of benzene rings is 1. The van der Waals surface area contributed by atoms with Crippen molar-refractivity contribution in [2.75, 3.05) is 26.2 Å². The van der Waals surface area contributed by atoms with Crippen LogP contribution in [-0.2, 0) is 6.42 Å². The Labute approximate surface area is 171 Å². The Morgan fingerprint density at radius 2 is 2.03 bits per heavy atom. The van der Waals surface area contributed by atoms with Gasteiger partial charge in [0.2, 0.25) is 0 Å². The molecule has 2 aromatic heterocycles. The Balaban J connectivity index is 1.37. The Morgan fingerprint density at radius 1 is 1.17 bits per heavy atom. The van der Waals surface area contributed by atoms with E-state index in [9.17, 15) is 4.39 Å². The minimum absolute atomic E-state index is 0.243. The van der Waals surface area contributed by atoms with Crippen LogP contribution < -0.4 is 4.74 Å². The fourth-order valence-electron chi connectivity index (χ4n) is 3.93. The van der Waals surface area contributed by atoms with Crippen LogP contribution in [0.5, 0.6) is 5.75 Å². The molecular weight excluding hydrogens is 367 g/mol. The molecule has 3 heterocycles.